The molecule has 1 N–H and O–H groups in total. The molecule has 2 aliphatic heterocycles. The average Bonchev–Trinajstić information content (AvgIpc) is 3.45. The van der Waals surface area contributed by atoms with Crippen molar-refractivity contribution in [3.8, 4) is 5.82 Å². The third-order valence-electron chi connectivity index (χ3n) is 5.81. The van der Waals surface area contributed by atoms with Gasteiger partial charge in [0.2, 0.25) is 10.0 Å². The normalized spacial score (nSPS) is 22.3. The second-order valence-corrected chi connectivity index (χ2v) is 9.57. The van der Waals surface area contributed by atoms with Crippen LogP contribution < -0.4 is 4.90 Å². The summed E-state index contributed by atoms with van der Waals surface area (Å²) in [7, 11) is -3.53. The van der Waals surface area contributed by atoms with Crippen LogP contribution >= 0.6 is 0 Å². The third kappa shape index (κ3) is 3.01. The summed E-state index contributed by atoms with van der Waals surface area (Å²) in [6.45, 7) is 6.06. The molecule has 0 bridgehead atoms. The fraction of sp³-hybridized carbons (Fsp3) is 0.444. The molecule has 0 spiro atoms. The zero-order valence-electron chi connectivity index (χ0n) is 16.2. The lowest BCUT2D eigenvalue weighted by Gasteiger charge is -2.22. The van der Waals surface area contributed by atoms with Crippen molar-refractivity contribution in [2.45, 2.75) is 18.7 Å². The lowest BCUT2D eigenvalue weighted by atomic mass is 10.0. The van der Waals surface area contributed by atoms with E-state index in [1.807, 2.05) is 18.3 Å². The van der Waals surface area contributed by atoms with Crippen LogP contribution in [0.25, 0.3) is 5.82 Å². The molecule has 0 aliphatic carbocycles. The molecule has 2 unspecified atom stereocenters. The molecule has 5 heterocycles. The third-order valence-corrected chi connectivity index (χ3v) is 7.91. The van der Waals surface area contributed by atoms with Crippen molar-refractivity contribution < 1.29 is 8.42 Å². The van der Waals surface area contributed by atoms with Crippen molar-refractivity contribution in [1.29, 1.82) is 0 Å². The molecule has 2 saturated heterocycles. The predicted octanol–water partition coefficient (Wildman–Crippen LogP) is 0.759. The van der Waals surface area contributed by atoms with Gasteiger partial charge >= 0.3 is 0 Å². The summed E-state index contributed by atoms with van der Waals surface area (Å²) in [4.78, 5) is 11.2. The number of aryl methyl sites for hydroxylation is 2. The van der Waals surface area contributed by atoms with Crippen LogP contribution in [0.1, 0.15) is 11.4 Å². The van der Waals surface area contributed by atoms with Gasteiger partial charge in [-0.3, -0.25) is 5.10 Å². The van der Waals surface area contributed by atoms with Crippen molar-refractivity contribution in [1.82, 2.24) is 34.3 Å². The molecule has 0 amide bonds. The van der Waals surface area contributed by atoms with Crippen LogP contribution in [-0.4, -0.2) is 68.8 Å². The van der Waals surface area contributed by atoms with E-state index >= 15 is 0 Å². The van der Waals surface area contributed by atoms with Gasteiger partial charge in [0.05, 0.1) is 11.4 Å². The number of nitrogens with one attached hydrogen (secondary N) is 1. The molecule has 2 aliphatic rings. The van der Waals surface area contributed by atoms with E-state index in [0.717, 1.165) is 18.9 Å². The van der Waals surface area contributed by atoms with E-state index in [0.29, 0.717) is 35.2 Å². The molecule has 29 heavy (non-hydrogen) atoms. The van der Waals surface area contributed by atoms with Gasteiger partial charge in [-0.1, -0.05) is 0 Å². The molecule has 11 heteroatoms. The van der Waals surface area contributed by atoms with Crippen molar-refractivity contribution in [3.05, 3.63) is 42.2 Å². The van der Waals surface area contributed by atoms with Crippen LogP contribution in [0.4, 0.5) is 5.82 Å². The topological polar surface area (TPSA) is 113 Å². The summed E-state index contributed by atoms with van der Waals surface area (Å²) in [5, 5.41) is 11.0. The molecule has 0 saturated carbocycles. The fourth-order valence-electron chi connectivity index (χ4n) is 4.42. The minimum Gasteiger partial charge on any atom is -0.356 e. The number of fused-ring (bicyclic) bond motifs is 1. The van der Waals surface area contributed by atoms with Crippen LogP contribution in [0, 0.1) is 25.7 Å². The number of H-pyrrole nitrogens is 1. The maximum Gasteiger partial charge on any atom is 0.246 e. The van der Waals surface area contributed by atoms with E-state index in [2.05, 4.69) is 30.2 Å². The van der Waals surface area contributed by atoms with Gasteiger partial charge in [0.25, 0.3) is 0 Å². The Morgan fingerprint density at radius 1 is 1.07 bits per heavy atom. The Morgan fingerprint density at radius 3 is 2.41 bits per heavy atom. The van der Waals surface area contributed by atoms with Gasteiger partial charge in [-0.15, -0.1) is 0 Å². The van der Waals surface area contributed by atoms with E-state index in [4.69, 9.17) is 0 Å². The number of aromatic amines is 1. The average molecular weight is 414 g/mol. The number of sulfonamides is 1. The summed E-state index contributed by atoms with van der Waals surface area (Å²) in [6, 6.07) is 3.77. The second-order valence-electron chi connectivity index (χ2n) is 7.70. The number of hydrogen-bond donors (Lipinski definition) is 1. The largest absolute Gasteiger partial charge is 0.356 e. The van der Waals surface area contributed by atoms with Gasteiger partial charge in [-0.2, -0.15) is 14.5 Å². The monoisotopic (exact) mass is 414 g/mol. The minimum absolute atomic E-state index is 0.278. The molecule has 152 valence electrons. The molecule has 10 nitrogen and oxygen atoms in total. The highest BCUT2D eigenvalue weighted by Crippen LogP contribution is 2.36. The van der Waals surface area contributed by atoms with Crippen LogP contribution in [0.2, 0.25) is 0 Å². The number of rotatable bonds is 4. The van der Waals surface area contributed by atoms with E-state index in [-0.39, 0.29) is 11.8 Å². The smallest absolute Gasteiger partial charge is 0.246 e. The predicted molar refractivity (Wildman–Crippen MR) is 105 cm³/mol. The van der Waals surface area contributed by atoms with E-state index in [1.165, 1.54) is 0 Å². The van der Waals surface area contributed by atoms with Crippen molar-refractivity contribution in [2.75, 3.05) is 31.1 Å². The van der Waals surface area contributed by atoms with Gasteiger partial charge in [0, 0.05) is 44.6 Å². The van der Waals surface area contributed by atoms with Gasteiger partial charge in [0.15, 0.2) is 5.82 Å². The molecular weight excluding hydrogens is 392 g/mol. The second kappa shape index (κ2) is 6.63. The summed E-state index contributed by atoms with van der Waals surface area (Å²) in [6.07, 6.45) is 5.09. The van der Waals surface area contributed by atoms with Crippen LogP contribution in [0.3, 0.4) is 0 Å². The highest BCUT2D eigenvalue weighted by molar-refractivity contribution is 7.89. The van der Waals surface area contributed by atoms with Gasteiger partial charge in [0.1, 0.15) is 17.0 Å². The lowest BCUT2D eigenvalue weighted by Crippen LogP contribution is -2.34. The summed E-state index contributed by atoms with van der Waals surface area (Å²) in [5.41, 5.74) is 1.11. The van der Waals surface area contributed by atoms with Crippen molar-refractivity contribution in [3.63, 3.8) is 0 Å². The van der Waals surface area contributed by atoms with Crippen LogP contribution in [0.15, 0.2) is 35.7 Å². The van der Waals surface area contributed by atoms with Crippen LogP contribution in [0.5, 0.6) is 0 Å². The highest BCUT2D eigenvalue weighted by Gasteiger charge is 2.45. The Morgan fingerprint density at radius 2 is 1.79 bits per heavy atom. The zero-order chi connectivity index (χ0) is 20.2. The Hall–Kier alpha value is -2.79. The number of anilines is 1. The molecule has 2 fully saturated rings. The van der Waals surface area contributed by atoms with Gasteiger partial charge in [-0.05, 0) is 31.7 Å². The molecule has 5 rings (SSSR count). The molecular formula is C18H22N8O2S. The van der Waals surface area contributed by atoms with E-state index in [9.17, 15) is 8.42 Å². The standard InChI is InChI=1S/C18H22N8O2S/c1-12-18(13(2)23-22-12)29(27,28)25-9-14-7-24(8-15(14)10-25)16-6-17(20-11-19-16)26-5-3-4-21-26/h3-6,11,14-15H,7-10H2,1-2H3,(H,22,23). The van der Waals surface area contributed by atoms with Gasteiger partial charge < -0.3 is 4.90 Å². The first-order chi connectivity index (χ1) is 13.9. The first kappa shape index (κ1) is 18.3. The maximum atomic E-state index is 13.1. The van der Waals surface area contributed by atoms with Crippen molar-refractivity contribution in [2.24, 2.45) is 11.8 Å². The zero-order valence-corrected chi connectivity index (χ0v) is 17.0. The molecule has 3 aromatic heterocycles. The maximum absolute atomic E-state index is 13.1. The van der Waals surface area contributed by atoms with E-state index < -0.39 is 10.0 Å². The Bertz CT molecular complexity index is 1110. The highest BCUT2D eigenvalue weighted by atomic mass is 32.2. The number of aromatic nitrogens is 6. The molecule has 0 radical (unpaired) electrons. The summed E-state index contributed by atoms with van der Waals surface area (Å²) >= 11 is 0. The van der Waals surface area contributed by atoms with Crippen LogP contribution in [-0.2, 0) is 10.0 Å². The van der Waals surface area contributed by atoms with Crippen molar-refractivity contribution >= 4 is 15.8 Å². The SMILES string of the molecule is Cc1n[nH]c(C)c1S(=O)(=O)N1CC2CN(c3cc(-n4cccn4)ncn3)CC2C1. The fourth-order valence-corrected chi connectivity index (χ4v) is 6.31. The Kier molecular flexibility index (Phi) is 4.17. The quantitative estimate of drug-likeness (QED) is 0.670. The Balaban J connectivity index is 1.32. The summed E-state index contributed by atoms with van der Waals surface area (Å²) in [5.74, 6) is 2.11. The molecule has 3 aromatic rings. The minimum atomic E-state index is -3.53. The summed E-state index contributed by atoms with van der Waals surface area (Å²) < 4.78 is 29.5. The molecule has 2 atom stereocenters. The van der Waals surface area contributed by atoms with Gasteiger partial charge in [-0.25, -0.2) is 23.1 Å². The number of nitrogens with zero attached hydrogens (tertiary/aromatic N) is 7. The Labute approximate surface area is 168 Å². The number of hydrogen-bond acceptors (Lipinski definition) is 7. The van der Waals surface area contributed by atoms with E-state index in [1.54, 1.807) is 35.4 Å². The lowest BCUT2D eigenvalue weighted by molar-refractivity contribution is 0.452. The first-order valence-corrected chi connectivity index (χ1v) is 11.0. The first-order valence-electron chi connectivity index (χ1n) is 9.52. The molecule has 0 aromatic carbocycles.